The van der Waals surface area contributed by atoms with Gasteiger partial charge in [-0.15, -0.1) is 12.4 Å². The van der Waals surface area contributed by atoms with Gasteiger partial charge in [-0.3, -0.25) is 9.79 Å². The molecule has 0 atom stereocenters. The molecule has 0 unspecified atom stereocenters. The van der Waals surface area contributed by atoms with Gasteiger partial charge in [0.2, 0.25) is 5.91 Å². The maximum atomic E-state index is 11.7. The number of rotatable bonds is 3. The van der Waals surface area contributed by atoms with E-state index >= 15 is 0 Å². The summed E-state index contributed by atoms with van der Waals surface area (Å²) in [5, 5.41) is 11.5. The standard InChI is InChI=1S/C12H11N3OS2.ClH/c13-7-9-2-1-3-10(6-9)15-11(16)8-18-12-14-4-5-17-12;/h1-3,6H,4-5,8H2,(H,15,16);1H. The minimum atomic E-state index is -0.0784. The molecule has 1 aliphatic heterocycles. The number of anilines is 1. The van der Waals surface area contributed by atoms with Crippen molar-refractivity contribution >= 4 is 51.9 Å². The Kier molecular flexibility index (Phi) is 6.78. The van der Waals surface area contributed by atoms with E-state index < -0.39 is 0 Å². The Labute approximate surface area is 126 Å². The summed E-state index contributed by atoms with van der Waals surface area (Å²) in [5.74, 6) is 1.28. The number of benzene rings is 1. The van der Waals surface area contributed by atoms with Gasteiger partial charge in [0.1, 0.15) is 4.38 Å². The quantitative estimate of drug-likeness (QED) is 0.932. The third-order valence-corrected chi connectivity index (χ3v) is 4.41. The molecule has 100 valence electrons. The molecule has 7 heteroatoms. The van der Waals surface area contributed by atoms with Crippen LogP contribution in [0.25, 0.3) is 0 Å². The number of halogens is 1. The van der Waals surface area contributed by atoms with Crippen molar-refractivity contribution in [2.75, 3.05) is 23.4 Å². The van der Waals surface area contributed by atoms with Gasteiger partial charge in [0.05, 0.1) is 23.9 Å². The second-order valence-corrected chi connectivity index (χ2v) is 5.83. The third kappa shape index (κ3) is 5.15. The van der Waals surface area contributed by atoms with Crippen molar-refractivity contribution in [3.8, 4) is 6.07 Å². The minimum Gasteiger partial charge on any atom is -0.325 e. The fourth-order valence-corrected chi connectivity index (χ4v) is 3.20. The maximum absolute atomic E-state index is 11.7. The second kappa shape index (κ2) is 8.10. The van der Waals surface area contributed by atoms with Gasteiger partial charge >= 0.3 is 0 Å². The number of carbonyl (C=O) groups is 1. The van der Waals surface area contributed by atoms with E-state index in [2.05, 4.69) is 10.3 Å². The first-order valence-corrected chi connectivity index (χ1v) is 7.35. The Hall–Kier alpha value is -1.16. The Balaban J connectivity index is 0.00000180. The van der Waals surface area contributed by atoms with Crippen LogP contribution in [-0.4, -0.2) is 28.3 Å². The van der Waals surface area contributed by atoms with Gasteiger partial charge in [0, 0.05) is 11.4 Å². The van der Waals surface area contributed by atoms with Gasteiger partial charge in [-0.25, -0.2) is 0 Å². The lowest BCUT2D eigenvalue weighted by Gasteiger charge is -2.04. The van der Waals surface area contributed by atoms with E-state index in [0.29, 0.717) is 17.0 Å². The molecule has 1 aliphatic rings. The molecule has 2 rings (SSSR count). The monoisotopic (exact) mass is 313 g/mol. The van der Waals surface area contributed by atoms with Gasteiger partial charge in [0.25, 0.3) is 0 Å². The predicted octanol–water partition coefficient (Wildman–Crippen LogP) is 2.75. The van der Waals surface area contributed by atoms with E-state index in [1.807, 2.05) is 6.07 Å². The molecule has 0 aromatic heterocycles. The lowest BCUT2D eigenvalue weighted by atomic mass is 10.2. The lowest BCUT2D eigenvalue weighted by molar-refractivity contribution is -0.113. The SMILES string of the molecule is Cl.N#Cc1cccc(NC(=O)CSC2=NCCS2)c1. The molecule has 1 N–H and O–H groups in total. The Morgan fingerprint density at radius 3 is 3.11 bits per heavy atom. The first-order chi connectivity index (χ1) is 8.78. The summed E-state index contributed by atoms with van der Waals surface area (Å²) >= 11 is 3.14. The number of aliphatic imine (C=N–C) groups is 1. The molecule has 0 spiro atoms. The zero-order valence-electron chi connectivity index (χ0n) is 9.96. The van der Waals surface area contributed by atoms with Gasteiger partial charge < -0.3 is 5.32 Å². The van der Waals surface area contributed by atoms with Crippen molar-refractivity contribution in [3.63, 3.8) is 0 Å². The van der Waals surface area contributed by atoms with E-state index in [1.165, 1.54) is 11.8 Å². The molecule has 0 bridgehead atoms. The first kappa shape index (κ1) is 15.9. The van der Waals surface area contributed by atoms with Crippen LogP contribution in [0.5, 0.6) is 0 Å². The second-order valence-electron chi connectivity index (χ2n) is 3.53. The topological polar surface area (TPSA) is 65.2 Å². The zero-order chi connectivity index (χ0) is 12.8. The number of thioether (sulfide) groups is 2. The summed E-state index contributed by atoms with van der Waals surface area (Å²) in [7, 11) is 0. The summed E-state index contributed by atoms with van der Waals surface area (Å²) in [5.41, 5.74) is 1.19. The third-order valence-electron chi connectivity index (χ3n) is 2.16. The van der Waals surface area contributed by atoms with Crippen molar-refractivity contribution in [3.05, 3.63) is 29.8 Å². The van der Waals surface area contributed by atoms with Crippen LogP contribution in [0.2, 0.25) is 0 Å². The van der Waals surface area contributed by atoms with Crippen LogP contribution in [0, 0.1) is 11.3 Å². The van der Waals surface area contributed by atoms with Crippen molar-refractivity contribution in [1.29, 1.82) is 5.26 Å². The molecular weight excluding hydrogens is 302 g/mol. The first-order valence-electron chi connectivity index (χ1n) is 5.38. The average molecular weight is 314 g/mol. The normalized spacial score (nSPS) is 13.1. The smallest absolute Gasteiger partial charge is 0.234 e. The summed E-state index contributed by atoms with van der Waals surface area (Å²) in [4.78, 5) is 16.0. The molecule has 0 aliphatic carbocycles. The van der Waals surface area contributed by atoms with Crippen molar-refractivity contribution < 1.29 is 4.79 Å². The van der Waals surface area contributed by atoms with E-state index in [9.17, 15) is 4.79 Å². The Morgan fingerprint density at radius 1 is 1.58 bits per heavy atom. The van der Waals surface area contributed by atoms with E-state index in [-0.39, 0.29) is 18.3 Å². The molecule has 1 aromatic rings. The van der Waals surface area contributed by atoms with Crippen LogP contribution in [-0.2, 0) is 4.79 Å². The predicted molar refractivity (Wildman–Crippen MR) is 84.3 cm³/mol. The van der Waals surface area contributed by atoms with Gasteiger partial charge in [-0.2, -0.15) is 5.26 Å². The van der Waals surface area contributed by atoms with Crippen LogP contribution < -0.4 is 5.32 Å². The molecule has 4 nitrogen and oxygen atoms in total. The molecule has 1 aromatic carbocycles. The lowest BCUT2D eigenvalue weighted by Crippen LogP contribution is -2.14. The molecule has 1 amide bonds. The largest absolute Gasteiger partial charge is 0.325 e. The molecule has 0 saturated heterocycles. The fraction of sp³-hybridized carbons (Fsp3) is 0.250. The fourth-order valence-electron chi connectivity index (χ4n) is 1.39. The van der Waals surface area contributed by atoms with E-state index in [0.717, 1.165) is 16.7 Å². The molecule has 19 heavy (non-hydrogen) atoms. The highest BCUT2D eigenvalue weighted by Gasteiger charge is 2.10. The van der Waals surface area contributed by atoms with Crippen LogP contribution in [0.15, 0.2) is 29.3 Å². The highest BCUT2D eigenvalue weighted by molar-refractivity contribution is 8.39. The highest BCUT2D eigenvalue weighted by atomic mass is 35.5. The highest BCUT2D eigenvalue weighted by Crippen LogP contribution is 2.22. The number of hydrogen-bond donors (Lipinski definition) is 1. The summed E-state index contributed by atoms with van der Waals surface area (Å²) < 4.78 is 0.982. The van der Waals surface area contributed by atoms with E-state index in [4.69, 9.17) is 5.26 Å². The molecule has 0 saturated carbocycles. The van der Waals surface area contributed by atoms with Crippen LogP contribution in [0.4, 0.5) is 5.69 Å². The van der Waals surface area contributed by atoms with Crippen LogP contribution in [0.1, 0.15) is 5.56 Å². The number of nitriles is 1. The molecule has 0 radical (unpaired) electrons. The van der Waals surface area contributed by atoms with Crippen LogP contribution in [0.3, 0.4) is 0 Å². The van der Waals surface area contributed by atoms with Gasteiger partial charge in [-0.05, 0) is 18.2 Å². The summed E-state index contributed by atoms with van der Waals surface area (Å²) in [6, 6.07) is 8.92. The van der Waals surface area contributed by atoms with Crippen LogP contribution >= 0.6 is 35.9 Å². The zero-order valence-corrected chi connectivity index (χ0v) is 12.4. The van der Waals surface area contributed by atoms with Gasteiger partial charge in [0.15, 0.2) is 0 Å². The summed E-state index contributed by atoms with van der Waals surface area (Å²) in [6.45, 7) is 0.846. The van der Waals surface area contributed by atoms with E-state index in [1.54, 1.807) is 36.0 Å². The Bertz CT molecular complexity index is 528. The number of nitrogens with one attached hydrogen (secondary N) is 1. The average Bonchev–Trinajstić information content (AvgIpc) is 2.90. The summed E-state index contributed by atoms with van der Waals surface area (Å²) in [6.07, 6.45) is 0. The molecule has 0 fully saturated rings. The molecular formula is C12H12ClN3OS2. The molecule has 1 heterocycles. The Morgan fingerprint density at radius 2 is 2.42 bits per heavy atom. The number of carbonyl (C=O) groups excluding carboxylic acids is 1. The van der Waals surface area contributed by atoms with Crippen molar-refractivity contribution in [2.45, 2.75) is 0 Å². The van der Waals surface area contributed by atoms with Crippen molar-refractivity contribution in [1.82, 2.24) is 0 Å². The minimum absolute atomic E-state index is 0. The number of nitrogens with zero attached hydrogens (tertiary/aromatic N) is 2. The van der Waals surface area contributed by atoms with Gasteiger partial charge in [-0.1, -0.05) is 29.6 Å². The maximum Gasteiger partial charge on any atom is 0.234 e. The number of amides is 1. The number of hydrogen-bond acceptors (Lipinski definition) is 5. The van der Waals surface area contributed by atoms with Crippen molar-refractivity contribution in [2.24, 2.45) is 4.99 Å².